The van der Waals surface area contributed by atoms with E-state index in [0.29, 0.717) is 22.8 Å². The molecule has 6 nitrogen and oxygen atoms in total. The van der Waals surface area contributed by atoms with Gasteiger partial charge < -0.3 is 20.1 Å². The molecule has 9 heteroatoms. The molecule has 0 amide bonds. The average Bonchev–Trinajstić information content (AvgIpc) is 3.49. The second kappa shape index (κ2) is 11.8. The van der Waals surface area contributed by atoms with Gasteiger partial charge in [0.05, 0.1) is 17.4 Å². The molecule has 2 unspecified atom stereocenters. The predicted octanol–water partition coefficient (Wildman–Crippen LogP) is 6.06. The maximum Gasteiger partial charge on any atom is 0.406 e. The van der Waals surface area contributed by atoms with E-state index in [1.54, 1.807) is 18.3 Å². The van der Waals surface area contributed by atoms with Gasteiger partial charge in [-0.25, -0.2) is 0 Å². The molecule has 3 aromatic rings. The number of likely N-dealkylation sites (tertiary alicyclic amines) is 1. The van der Waals surface area contributed by atoms with Crippen molar-refractivity contribution in [1.82, 2.24) is 24.6 Å². The molecule has 1 fully saturated rings. The number of hydrogen-bond donors (Lipinski definition) is 2. The number of alkyl halides is 3. The molecule has 0 radical (unpaired) electrons. The second-order valence-corrected chi connectivity index (χ2v) is 10.9. The molecule has 2 aliphatic rings. The summed E-state index contributed by atoms with van der Waals surface area (Å²) in [7, 11) is 2.17. The molecule has 1 aromatic carbocycles. The molecule has 208 valence electrons. The van der Waals surface area contributed by atoms with E-state index in [9.17, 15) is 13.2 Å². The highest BCUT2D eigenvalue weighted by molar-refractivity contribution is 5.94. The fraction of sp³-hybridized carbons (Fsp3) is 0.500. The van der Waals surface area contributed by atoms with Crippen LogP contribution in [0.5, 0.6) is 0 Å². The van der Waals surface area contributed by atoms with Crippen molar-refractivity contribution < 1.29 is 13.2 Å². The minimum Gasteiger partial charge on any atom is -0.381 e. The van der Waals surface area contributed by atoms with Gasteiger partial charge in [0.2, 0.25) is 0 Å². The van der Waals surface area contributed by atoms with Crippen LogP contribution in [0.15, 0.2) is 43.2 Å². The Hall–Kier alpha value is -3.38. The summed E-state index contributed by atoms with van der Waals surface area (Å²) in [5.74, 6) is 3.41. The lowest BCUT2D eigenvalue weighted by Gasteiger charge is -2.38. The van der Waals surface area contributed by atoms with Crippen LogP contribution in [0.25, 0.3) is 16.6 Å². The molecular formula is C30H37F3N6. The molecule has 1 saturated heterocycles. The van der Waals surface area contributed by atoms with E-state index in [2.05, 4.69) is 46.2 Å². The van der Waals surface area contributed by atoms with E-state index in [0.717, 1.165) is 55.5 Å². The highest BCUT2D eigenvalue weighted by Gasteiger charge is 2.31. The number of aromatic nitrogens is 3. The summed E-state index contributed by atoms with van der Waals surface area (Å²) < 4.78 is 44.0. The van der Waals surface area contributed by atoms with Crippen molar-refractivity contribution in [1.29, 1.82) is 0 Å². The zero-order valence-corrected chi connectivity index (χ0v) is 22.5. The van der Waals surface area contributed by atoms with Crippen LogP contribution in [0.3, 0.4) is 0 Å². The van der Waals surface area contributed by atoms with E-state index in [1.807, 2.05) is 23.0 Å². The quantitative estimate of drug-likeness (QED) is 0.370. The van der Waals surface area contributed by atoms with Gasteiger partial charge in [0.15, 0.2) is 0 Å². The Balaban J connectivity index is 1.50. The number of benzene rings is 1. The van der Waals surface area contributed by atoms with Gasteiger partial charge >= 0.3 is 6.18 Å². The van der Waals surface area contributed by atoms with Crippen molar-refractivity contribution in [2.24, 2.45) is 5.92 Å². The second-order valence-electron chi connectivity index (χ2n) is 10.9. The van der Waals surface area contributed by atoms with Gasteiger partial charge in [0.1, 0.15) is 6.54 Å². The van der Waals surface area contributed by atoms with Crippen molar-refractivity contribution in [3.8, 4) is 12.0 Å². The number of hydrogen-bond acceptors (Lipinski definition) is 4. The third kappa shape index (κ3) is 6.80. The average molecular weight is 539 g/mol. The van der Waals surface area contributed by atoms with Gasteiger partial charge in [-0.2, -0.15) is 18.3 Å². The van der Waals surface area contributed by atoms with Gasteiger partial charge in [0, 0.05) is 53.7 Å². The standard InChI is InChI=1S/C30H37F3N6/c1-22-24-18-35-38(20-24)15-7-5-3-4-6-9-23-19-37(2)16-13-27(23)36-28-10-8-11-29-26(28)17-25(12-14-34-22)39(29)21-30(31,32)33/h8,10-11,17-18,20,23,27,34,36H,1,3-7,9,13,15-16,19,21H2,2H3. The summed E-state index contributed by atoms with van der Waals surface area (Å²) in [6.45, 7) is 5.80. The zero-order valence-electron chi connectivity index (χ0n) is 22.5. The number of halogens is 3. The van der Waals surface area contributed by atoms with Crippen molar-refractivity contribution in [3.05, 3.63) is 54.5 Å². The van der Waals surface area contributed by atoms with Crippen LogP contribution in [-0.4, -0.2) is 51.6 Å². The number of fused-ring (bicyclic) bond motifs is 4. The monoisotopic (exact) mass is 538 g/mol. The molecule has 2 aliphatic heterocycles. The van der Waals surface area contributed by atoms with E-state index >= 15 is 0 Å². The lowest BCUT2D eigenvalue weighted by molar-refractivity contribution is -0.140. The van der Waals surface area contributed by atoms with E-state index in [4.69, 9.17) is 0 Å². The predicted molar refractivity (Wildman–Crippen MR) is 150 cm³/mol. The Bertz CT molecular complexity index is 1360. The summed E-state index contributed by atoms with van der Waals surface area (Å²) in [5.41, 5.74) is 3.07. The number of aryl methyl sites for hydroxylation is 1. The van der Waals surface area contributed by atoms with Gasteiger partial charge in [-0.15, -0.1) is 0 Å². The van der Waals surface area contributed by atoms with Crippen molar-refractivity contribution >= 4 is 22.3 Å². The van der Waals surface area contributed by atoms with Crippen molar-refractivity contribution in [2.45, 2.75) is 70.3 Å². The van der Waals surface area contributed by atoms with E-state index in [-0.39, 0.29) is 6.04 Å². The number of nitrogens with one attached hydrogen (secondary N) is 2. The molecule has 0 aliphatic carbocycles. The smallest absolute Gasteiger partial charge is 0.381 e. The van der Waals surface area contributed by atoms with Crippen LogP contribution in [0.4, 0.5) is 18.9 Å². The maximum absolute atomic E-state index is 13.6. The Morgan fingerprint density at radius 1 is 1.10 bits per heavy atom. The number of piperidine rings is 1. The van der Waals surface area contributed by atoms with Crippen LogP contribution in [-0.2, 0) is 13.1 Å². The summed E-state index contributed by atoms with van der Waals surface area (Å²) in [4.78, 5) is 2.39. The molecule has 2 aromatic heterocycles. The van der Waals surface area contributed by atoms with Crippen molar-refractivity contribution in [3.63, 3.8) is 0 Å². The number of rotatable bonds is 1. The molecule has 2 atom stereocenters. The summed E-state index contributed by atoms with van der Waals surface area (Å²) in [6.07, 6.45) is 7.26. The van der Waals surface area contributed by atoms with Crippen molar-refractivity contribution in [2.75, 3.05) is 25.5 Å². The zero-order chi connectivity index (χ0) is 27.4. The van der Waals surface area contributed by atoms with E-state index in [1.165, 1.54) is 30.3 Å². The third-order valence-electron chi connectivity index (χ3n) is 7.91. The Morgan fingerprint density at radius 2 is 1.92 bits per heavy atom. The molecule has 4 bridgehead atoms. The van der Waals surface area contributed by atoms with Crippen LogP contribution in [0, 0.1) is 17.9 Å². The van der Waals surface area contributed by atoms with Crippen LogP contribution in [0.1, 0.15) is 56.2 Å². The Morgan fingerprint density at radius 3 is 2.77 bits per heavy atom. The molecule has 39 heavy (non-hydrogen) atoms. The topological polar surface area (TPSA) is 50.1 Å². The first kappa shape index (κ1) is 27.2. The lowest BCUT2D eigenvalue weighted by Crippen LogP contribution is -2.44. The van der Waals surface area contributed by atoms with Gasteiger partial charge in [-0.3, -0.25) is 4.68 Å². The molecule has 5 rings (SSSR count). The lowest BCUT2D eigenvalue weighted by atomic mass is 9.87. The highest BCUT2D eigenvalue weighted by atomic mass is 19.4. The number of nitrogens with zero attached hydrogens (tertiary/aromatic N) is 4. The summed E-state index contributed by atoms with van der Waals surface area (Å²) in [5, 5.41) is 11.9. The van der Waals surface area contributed by atoms with Crippen LogP contribution in [0.2, 0.25) is 0 Å². The molecular weight excluding hydrogens is 501 g/mol. The normalized spacial score (nSPS) is 21.8. The van der Waals surface area contributed by atoms with E-state index < -0.39 is 12.7 Å². The molecule has 0 spiro atoms. The molecule has 2 N–H and O–H groups in total. The fourth-order valence-corrected chi connectivity index (χ4v) is 5.86. The number of anilines is 1. The molecule has 0 saturated carbocycles. The van der Waals surface area contributed by atoms with Gasteiger partial charge in [-0.1, -0.05) is 38.3 Å². The van der Waals surface area contributed by atoms with Crippen LogP contribution < -0.4 is 10.6 Å². The Labute approximate surface area is 228 Å². The molecule has 4 heterocycles. The van der Waals surface area contributed by atoms with Gasteiger partial charge in [0.25, 0.3) is 0 Å². The SMILES string of the molecule is C=C1NC#Cc2cc3c(cccc3n2CC(F)(F)F)NC2CCN(C)CC2CCCCCCCn2cc1cn2. The summed E-state index contributed by atoms with van der Waals surface area (Å²) in [6, 6.07) is 10.4. The third-order valence-corrected chi connectivity index (χ3v) is 7.91. The Kier molecular flexibility index (Phi) is 8.22. The van der Waals surface area contributed by atoms with Crippen LogP contribution >= 0.6 is 0 Å². The largest absolute Gasteiger partial charge is 0.406 e. The summed E-state index contributed by atoms with van der Waals surface area (Å²) >= 11 is 0. The first-order valence-corrected chi connectivity index (χ1v) is 13.9. The highest BCUT2D eigenvalue weighted by Crippen LogP contribution is 2.33. The maximum atomic E-state index is 13.6. The van der Waals surface area contributed by atoms with Gasteiger partial charge in [-0.05, 0) is 62.9 Å². The minimum atomic E-state index is -4.37. The fourth-order valence-electron chi connectivity index (χ4n) is 5.86. The first-order valence-electron chi connectivity index (χ1n) is 13.9. The minimum absolute atomic E-state index is 0.278. The first-order chi connectivity index (χ1) is 18.8.